The number of hydrogen-bond acceptors (Lipinski definition) is 3. The Morgan fingerprint density at radius 3 is 2.74 bits per heavy atom. The molecule has 8 heteroatoms. The van der Waals surface area contributed by atoms with Crippen LogP contribution in [0, 0.1) is 11.8 Å². The summed E-state index contributed by atoms with van der Waals surface area (Å²) in [4.78, 5) is 14.3. The van der Waals surface area contributed by atoms with E-state index in [9.17, 15) is 18.0 Å². The van der Waals surface area contributed by atoms with Crippen molar-refractivity contribution in [1.82, 2.24) is 19.7 Å². The first-order valence-corrected chi connectivity index (χ1v) is 8.16. The van der Waals surface area contributed by atoms with E-state index >= 15 is 0 Å². The standard InChI is InChI=1S/C15H21F3N4O/c1-2-12-19-20-13-9-21(6-7-22(12)13)14(23)10-4-3-5-11(8-10)15(16,17)18/h10-11H,2-9H2,1H3/t10-,11-/m1/s1. The maximum atomic E-state index is 12.9. The van der Waals surface area contributed by atoms with Crippen molar-refractivity contribution in [3.05, 3.63) is 11.6 Å². The fourth-order valence-electron chi connectivity index (χ4n) is 3.64. The number of fused-ring (bicyclic) bond motifs is 1. The van der Waals surface area contributed by atoms with Gasteiger partial charge in [-0.05, 0) is 19.3 Å². The SMILES string of the molecule is CCc1nnc2n1CCN(C(=O)[C@@H]1CCC[C@@H](C(F)(F)F)C1)C2. The van der Waals surface area contributed by atoms with E-state index in [1.165, 1.54) is 0 Å². The van der Waals surface area contributed by atoms with Gasteiger partial charge in [-0.25, -0.2) is 0 Å². The molecule has 1 amide bonds. The van der Waals surface area contributed by atoms with Gasteiger partial charge in [0.15, 0.2) is 5.82 Å². The molecule has 23 heavy (non-hydrogen) atoms. The average molecular weight is 330 g/mol. The van der Waals surface area contributed by atoms with Crippen LogP contribution in [-0.4, -0.2) is 38.3 Å². The zero-order chi connectivity index (χ0) is 16.6. The highest BCUT2D eigenvalue weighted by Crippen LogP contribution is 2.40. The third-order valence-corrected chi connectivity index (χ3v) is 4.94. The summed E-state index contributed by atoms with van der Waals surface area (Å²) in [6.07, 6.45) is -2.35. The average Bonchev–Trinajstić information content (AvgIpc) is 2.95. The van der Waals surface area contributed by atoms with Crippen LogP contribution in [0.15, 0.2) is 0 Å². The molecule has 0 N–H and O–H groups in total. The third-order valence-electron chi connectivity index (χ3n) is 4.94. The summed E-state index contributed by atoms with van der Waals surface area (Å²) in [5.74, 6) is -0.404. The predicted molar refractivity (Wildman–Crippen MR) is 76.3 cm³/mol. The Morgan fingerprint density at radius 2 is 2.04 bits per heavy atom. The monoisotopic (exact) mass is 330 g/mol. The molecule has 5 nitrogen and oxygen atoms in total. The minimum atomic E-state index is -4.20. The summed E-state index contributed by atoms with van der Waals surface area (Å²) < 4.78 is 40.7. The number of aromatic nitrogens is 3. The fraction of sp³-hybridized carbons (Fsp3) is 0.800. The molecule has 0 spiro atoms. The van der Waals surface area contributed by atoms with Crippen molar-refractivity contribution in [1.29, 1.82) is 0 Å². The number of carbonyl (C=O) groups is 1. The largest absolute Gasteiger partial charge is 0.391 e. The van der Waals surface area contributed by atoms with Gasteiger partial charge >= 0.3 is 6.18 Å². The number of hydrogen-bond donors (Lipinski definition) is 0. The second-order valence-electron chi connectivity index (χ2n) is 6.40. The number of halogens is 3. The molecule has 2 atom stereocenters. The number of amides is 1. The van der Waals surface area contributed by atoms with Gasteiger partial charge in [0.1, 0.15) is 5.82 Å². The van der Waals surface area contributed by atoms with Crippen LogP contribution < -0.4 is 0 Å². The number of nitrogens with zero attached hydrogens (tertiary/aromatic N) is 4. The molecule has 0 bridgehead atoms. The Kier molecular flexibility index (Phi) is 4.33. The van der Waals surface area contributed by atoms with Crippen molar-refractivity contribution in [2.45, 2.75) is 58.3 Å². The molecule has 0 radical (unpaired) electrons. The van der Waals surface area contributed by atoms with Crippen molar-refractivity contribution >= 4 is 5.91 Å². The van der Waals surface area contributed by atoms with Gasteiger partial charge < -0.3 is 9.47 Å². The van der Waals surface area contributed by atoms with Gasteiger partial charge in [0, 0.05) is 25.4 Å². The highest BCUT2D eigenvalue weighted by Gasteiger charge is 2.44. The van der Waals surface area contributed by atoms with Crippen LogP contribution in [0.3, 0.4) is 0 Å². The Morgan fingerprint density at radius 1 is 1.26 bits per heavy atom. The summed E-state index contributed by atoms with van der Waals surface area (Å²) in [7, 11) is 0. The van der Waals surface area contributed by atoms with Gasteiger partial charge in [0.2, 0.25) is 5.91 Å². The van der Waals surface area contributed by atoms with E-state index < -0.39 is 18.0 Å². The predicted octanol–water partition coefficient (Wildman–Crippen LogP) is 2.55. The molecule has 1 aromatic rings. The maximum absolute atomic E-state index is 12.9. The molecule has 1 aromatic heterocycles. The lowest BCUT2D eigenvalue weighted by atomic mass is 9.80. The van der Waals surface area contributed by atoms with Crippen LogP contribution in [0.4, 0.5) is 13.2 Å². The van der Waals surface area contributed by atoms with Gasteiger partial charge in [-0.1, -0.05) is 13.3 Å². The highest BCUT2D eigenvalue weighted by atomic mass is 19.4. The Labute approximate surface area is 132 Å². The van der Waals surface area contributed by atoms with Crippen LogP contribution in [0.5, 0.6) is 0 Å². The first-order chi connectivity index (χ1) is 10.9. The zero-order valence-electron chi connectivity index (χ0n) is 13.1. The molecule has 2 heterocycles. The van der Waals surface area contributed by atoms with Crippen LogP contribution in [-0.2, 0) is 24.3 Å². The first kappa shape index (κ1) is 16.3. The van der Waals surface area contributed by atoms with Crippen molar-refractivity contribution in [2.24, 2.45) is 11.8 Å². The fourth-order valence-corrected chi connectivity index (χ4v) is 3.64. The second-order valence-corrected chi connectivity index (χ2v) is 6.40. The highest BCUT2D eigenvalue weighted by molar-refractivity contribution is 5.79. The van der Waals surface area contributed by atoms with Gasteiger partial charge in [0.05, 0.1) is 12.5 Å². The van der Waals surface area contributed by atoms with Crippen molar-refractivity contribution < 1.29 is 18.0 Å². The molecular formula is C15H21F3N4O. The molecule has 1 saturated carbocycles. The molecule has 2 aliphatic rings. The van der Waals surface area contributed by atoms with E-state index in [0.717, 1.165) is 18.1 Å². The van der Waals surface area contributed by atoms with Gasteiger partial charge in [-0.2, -0.15) is 13.2 Å². The van der Waals surface area contributed by atoms with Gasteiger partial charge in [-0.15, -0.1) is 10.2 Å². The normalized spacial score (nSPS) is 25.3. The van der Waals surface area contributed by atoms with E-state index in [0.29, 0.717) is 32.5 Å². The number of alkyl halides is 3. The molecule has 128 valence electrons. The topological polar surface area (TPSA) is 51.0 Å². The lowest BCUT2D eigenvalue weighted by Crippen LogP contribution is -2.44. The van der Waals surface area contributed by atoms with E-state index in [4.69, 9.17) is 0 Å². The first-order valence-electron chi connectivity index (χ1n) is 8.16. The van der Waals surface area contributed by atoms with Gasteiger partial charge in [-0.3, -0.25) is 4.79 Å². The summed E-state index contributed by atoms with van der Waals surface area (Å²) in [6, 6.07) is 0. The van der Waals surface area contributed by atoms with Crippen molar-refractivity contribution in [3.8, 4) is 0 Å². The van der Waals surface area contributed by atoms with Crippen molar-refractivity contribution in [2.75, 3.05) is 6.54 Å². The lowest BCUT2D eigenvalue weighted by Gasteiger charge is -2.35. The lowest BCUT2D eigenvalue weighted by molar-refractivity contribution is -0.187. The van der Waals surface area contributed by atoms with Crippen LogP contribution in [0.1, 0.15) is 44.3 Å². The van der Waals surface area contributed by atoms with E-state index in [-0.39, 0.29) is 18.7 Å². The van der Waals surface area contributed by atoms with Crippen molar-refractivity contribution in [3.63, 3.8) is 0 Å². The summed E-state index contributed by atoms with van der Waals surface area (Å²) in [5.41, 5.74) is 0. The van der Waals surface area contributed by atoms with Crippen LogP contribution in [0.2, 0.25) is 0 Å². The third kappa shape index (κ3) is 3.21. The maximum Gasteiger partial charge on any atom is 0.391 e. The van der Waals surface area contributed by atoms with E-state index in [2.05, 4.69) is 10.2 Å². The smallest absolute Gasteiger partial charge is 0.333 e. The van der Waals surface area contributed by atoms with E-state index in [1.807, 2.05) is 11.5 Å². The second kappa shape index (κ2) is 6.13. The molecule has 0 aromatic carbocycles. The summed E-state index contributed by atoms with van der Waals surface area (Å²) in [5, 5.41) is 8.19. The molecule has 0 saturated heterocycles. The molecular weight excluding hydrogens is 309 g/mol. The molecule has 1 fully saturated rings. The molecule has 1 aliphatic carbocycles. The van der Waals surface area contributed by atoms with Crippen LogP contribution in [0.25, 0.3) is 0 Å². The Hall–Kier alpha value is -1.60. The molecule has 0 unspecified atom stereocenters. The Bertz CT molecular complexity index is 584. The number of rotatable bonds is 2. The van der Waals surface area contributed by atoms with Crippen LogP contribution >= 0.6 is 0 Å². The quantitative estimate of drug-likeness (QED) is 0.837. The van der Waals surface area contributed by atoms with Gasteiger partial charge in [0.25, 0.3) is 0 Å². The number of aryl methyl sites for hydroxylation is 1. The van der Waals surface area contributed by atoms with E-state index in [1.54, 1.807) is 4.90 Å². The zero-order valence-corrected chi connectivity index (χ0v) is 13.1. The minimum Gasteiger partial charge on any atom is -0.333 e. The molecule has 1 aliphatic heterocycles. The molecule has 3 rings (SSSR count). The Balaban J connectivity index is 1.67. The summed E-state index contributed by atoms with van der Waals surface area (Å²) >= 11 is 0. The summed E-state index contributed by atoms with van der Waals surface area (Å²) in [6.45, 7) is 3.48. The number of carbonyl (C=O) groups excluding carboxylic acids is 1. The minimum absolute atomic E-state index is 0.0776.